The molecule has 0 atom stereocenters. The maximum Gasteiger partial charge on any atom is 0.168 e. The maximum atomic E-state index is 4.73. The lowest BCUT2D eigenvalue weighted by Crippen LogP contribution is -2.10. The molecule has 0 aliphatic rings. The van der Waals surface area contributed by atoms with Crippen molar-refractivity contribution in [3.05, 3.63) is 169 Å². The average molecular weight is 705 g/mol. The van der Waals surface area contributed by atoms with Crippen LogP contribution in [0.1, 0.15) is 52.7 Å². The standard InChI is InChI=1S/C48H44N6/c1-47(2,3)39-29-25-37(26-30-39)45-51-49-43(53(45)41-13-9-7-10-14-41)35-21-17-33(18-22-35)34-19-23-36(24-20-34)44-50-52-46(54(44)42-15-11-8-12-16-42)38-27-31-40(32-28-38)48(4,5)6/h7-32H,1-6H3. The van der Waals surface area contributed by atoms with Crippen LogP contribution in [0.25, 0.3) is 68.1 Å². The van der Waals surface area contributed by atoms with E-state index in [2.05, 4.69) is 172 Å². The summed E-state index contributed by atoms with van der Waals surface area (Å²) in [4.78, 5) is 0. The smallest absolute Gasteiger partial charge is 0.168 e. The van der Waals surface area contributed by atoms with Crippen LogP contribution in [0.5, 0.6) is 0 Å². The molecule has 266 valence electrons. The van der Waals surface area contributed by atoms with Gasteiger partial charge in [-0.15, -0.1) is 20.4 Å². The van der Waals surface area contributed by atoms with Gasteiger partial charge < -0.3 is 0 Å². The Morgan fingerprint density at radius 3 is 0.796 bits per heavy atom. The number of aromatic nitrogens is 6. The van der Waals surface area contributed by atoms with Gasteiger partial charge in [0, 0.05) is 33.6 Å². The van der Waals surface area contributed by atoms with Gasteiger partial charge in [-0.3, -0.25) is 9.13 Å². The first-order chi connectivity index (χ1) is 26.0. The Morgan fingerprint density at radius 1 is 0.296 bits per heavy atom. The van der Waals surface area contributed by atoms with Gasteiger partial charge in [-0.1, -0.05) is 175 Å². The zero-order valence-electron chi connectivity index (χ0n) is 31.7. The Bertz CT molecular complexity index is 2320. The highest BCUT2D eigenvalue weighted by Gasteiger charge is 2.21. The molecule has 0 aliphatic carbocycles. The van der Waals surface area contributed by atoms with E-state index in [9.17, 15) is 0 Å². The van der Waals surface area contributed by atoms with E-state index >= 15 is 0 Å². The topological polar surface area (TPSA) is 61.4 Å². The fourth-order valence-electron chi connectivity index (χ4n) is 6.82. The summed E-state index contributed by atoms with van der Waals surface area (Å²) in [6, 6.07) is 55.1. The second kappa shape index (κ2) is 13.9. The van der Waals surface area contributed by atoms with E-state index in [0.717, 1.165) is 68.1 Å². The summed E-state index contributed by atoms with van der Waals surface area (Å²) in [5.41, 5.74) is 11.0. The normalized spacial score (nSPS) is 11.9. The zero-order chi connectivity index (χ0) is 37.5. The molecule has 54 heavy (non-hydrogen) atoms. The molecule has 0 fully saturated rings. The summed E-state index contributed by atoms with van der Waals surface area (Å²) in [5, 5.41) is 18.9. The number of nitrogens with zero attached hydrogens (tertiary/aromatic N) is 6. The SMILES string of the molecule is CC(C)(C)c1ccc(-c2nnc(-c3ccc(-c4ccc(-c5nnc(-c6ccc(C(C)(C)C)cc6)n5-c5ccccc5)cc4)cc3)n2-c2ccccc2)cc1. The first-order valence-corrected chi connectivity index (χ1v) is 18.5. The van der Waals surface area contributed by atoms with Gasteiger partial charge in [-0.2, -0.15) is 0 Å². The molecule has 6 aromatic carbocycles. The van der Waals surface area contributed by atoms with Crippen LogP contribution in [-0.2, 0) is 10.8 Å². The first-order valence-electron chi connectivity index (χ1n) is 18.5. The third-order valence-electron chi connectivity index (χ3n) is 9.99. The van der Waals surface area contributed by atoms with E-state index in [-0.39, 0.29) is 10.8 Å². The van der Waals surface area contributed by atoms with Crippen molar-refractivity contribution in [2.24, 2.45) is 0 Å². The number of hydrogen-bond donors (Lipinski definition) is 0. The van der Waals surface area contributed by atoms with Crippen LogP contribution in [0.2, 0.25) is 0 Å². The molecule has 6 heteroatoms. The van der Waals surface area contributed by atoms with Crippen LogP contribution in [0.15, 0.2) is 158 Å². The van der Waals surface area contributed by atoms with Gasteiger partial charge in [-0.05, 0) is 57.3 Å². The number of rotatable bonds is 7. The highest BCUT2D eigenvalue weighted by atomic mass is 15.3. The minimum atomic E-state index is 0.0728. The predicted molar refractivity (Wildman–Crippen MR) is 221 cm³/mol. The lowest BCUT2D eigenvalue weighted by Gasteiger charge is -2.19. The van der Waals surface area contributed by atoms with Gasteiger partial charge in [0.25, 0.3) is 0 Å². The third-order valence-corrected chi connectivity index (χ3v) is 9.99. The van der Waals surface area contributed by atoms with Crippen molar-refractivity contribution >= 4 is 0 Å². The summed E-state index contributed by atoms with van der Waals surface area (Å²) < 4.78 is 4.29. The third kappa shape index (κ3) is 6.79. The second-order valence-electron chi connectivity index (χ2n) is 15.8. The molecular formula is C48H44N6. The van der Waals surface area contributed by atoms with Gasteiger partial charge in [-0.25, -0.2) is 0 Å². The summed E-state index contributed by atoms with van der Waals surface area (Å²) in [7, 11) is 0. The molecule has 6 nitrogen and oxygen atoms in total. The summed E-state index contributed by atoms with van der Waals surface area (Å²) >= 11 is 0. The van der Waals surface area contributed by atoms with E-state index in [4.69, 9.17) is 20.4 Å². The van der Waals surface area contributed by atoms with E-state index < -0.39 is 0 Å². The lowest BCUT2D eigenvalue weighted by atomic mass is 9.86. The Morgan fingerprint density at radius 2 is 0.537 bits per heavy atom. The average Bonchev–Trinajstić information content (AvgIpc) is 3.84. The first kappa shape index (κ1) is 34.7. The summed E-state index contributed by atoms with van der Waals surface area (Å²) in [6.07, 6.45) is 0. The molecule has 0 bridgehead atoms. The number of hydrogen-bond acceptors (Lipinski definition) is 4. The van der Waals surface area contributed by atoms with Gasteiger partial charge in [0.05, 0.1) is 0 Å². The van der Waals surface area contributed by atoms with Crippen LogP contribution in [0.4, 0.5) is 0 Å². The molecule has 2 aromatic heterocycles. The fraction of sp³-hybridized carbons (Fsp3) is 0.167. The molecule has 0 amide bonds. The van der Waals surface area contributed by atoms with Crippen molar-refractivity contribution in [1.29, 1.82) is 0 Å². The van der Waals surface area contributed by atoms with Crippen LogP contribution in [0.3, 0.4) is 0 Å². The molecule has 0 aliphatic heterocycles. The molecule has 8 rings (SSSR count). The van der Waals surface area contributed by atoms with E-state index in [0.29, 0.717) is 0 Å². The molecule has 0 spiro atoms. The number of benzene rings is 6. The summed E-state index contributed by atoms with van der Waals surface area (Å²) in [5.74, 6) is 3.21. The molecular weight excluding hydrogens is 661 g/mol. The second-order valence-corrected chi connectivity index (χ2v) is 15.8. The molecule has 2 heterocycles. The number of para-hydroxylation sites is 2. The van der Waals surface area contributed by atoms with Crippen molar-refractivity contribution in [2.75, 3.05) is 0 Å². The van der Waals surface area contributed by atoms with Gasteiger partial charge in [0.15, 0.2) is 23.3 Å². The van der Waals surface area contributed by atoms with Gasteiger partial charge >= 0.3 is 0 Å². The van der Waals surface area contributed by atoms with Crippen molar-refractivity contribution < 1.29 is 0 Å². The van der Waals surface area contributed by atoms with E-state index in [1.165, 1.54) is 11.1 Å². The van der Waals surface area contributed by atoms with Crippen LogP contribution in [-0.4, -0.2) is 29.5 Å². The van der Waals surface area contributed by atoms with E-state index in [1.54, 1.807) is 0 Å². The molecule has 0 N–H and O–H groups in total. The maximum absolute atomic E-state index is 4.73. The molecule has 0 unspecified atom stereocenters. The highest BCUT2D eigenvalue weighted by molar-refractivity contribution is 5.74. The van der Waals surface area contributed by atoms with Crippen molar-refractivity contribution in [2.45, 2.75) is 52.4 Å². The Kier molecular flexibility index (Phi) is 8.90. The van der Waals surface area contributed by atoms with Crippen molar-refractivity contribution in [3.63, 3.8) is 0 Å². The largest absolute Gasteiger partial charge is 0.275 e. The molecule has 0 radical (unpaired) electrons. The minimum absolute atomic E-state index is 0.0728. The predicted octanol–water partition coefficient (Wildman–Crippen LogP) is 11.8. The van der Waals surface area contributed by atoms with Crippen molar-refractivity contribution in [3.8, 4) is 68.1 Å². The Balaban J connectivity index is 1.11. The molecule has 0 saturated heterocycles. The van der Waals surface area contributed by atoms with Crippen LogP contribution in [0, 0.1) is 0 Å². The highest BCUT2D eigenvalue weighted by Crippen LogP contribution is 2.34. The monoisotopic (exact) mass is 704 g/mol. The summed E-state index contributed by atoms with van der Waals surface area (Å²) in [6.45, 7) is 13.4. The van der Waals surface area contributed by atoms with Gasteiger partial charge in [0.2, 0.25) is 0 Å². The lowest BCUT2D eigenvalue weighted by molar-refractivity contribution is 0.590. The Hall–Kier alpha value is -6.40. The van der Waals surface area contributed by atoms with E-state index in [1.807, 2.05) is 36.4 Å². The fourth-order valence-corrected chi connectivity index (χ4v) is 6.82. The zero-order valence-corrected chi connectivity index (χ0v) is 31.7. The molecule has 0 saturated carbocycles. The minimum Gasteiger partial charge on any atom is -0.275 e. The van der Waals surface area contributed by atoms with Crippen LogP contribution < -0.4 is 0 Å². The van der Waals surface area contributed by atoms with Crippen molar-refractivity contribution in [1.82, 2.24) is 29.5 Å². The van der Waals surface area contributed by atoms with Gasteiger partial charge in [0.1, 0.15) is 0 Å². The quantitative estimate of drug-likeness (QED) is 0.166. The molecule has 8 aromatic rings. The van der Waals surface area contributed by atoms with Crippen LogP contribution >= 0.6 is 0 Å². The Labute approximate surface area is 317 Å².